The lowest BCUT2D eigenvalue weighted by molar-refractivity contribution is -0.154. The van der Waals surface area contributed by atoms with Gasteiger partial charge >= 0.3 is 12.0 Å². The first-order valence-corrected chi connectivity index (χ1v) is 5.54. The average Bonchev–Trinajstić information content (AvgIpc) is 2.34. The van der Waals surface area contributed by atoms with Crippen molar-refractivity contribution >= 4 is 12.0 Å². The molecule has 0 bridgehead atoms. The Labute approximate surface area is 100 Å². The van der Waals surface area contributed by atoms with E-state index in [0.29, 0.717) is 32.6 Å². The molecule has 3 N–H and O–H groups in total. The number of hydrogen-bond acceptors (Lipinski definition) is 3. The van der Waals surface area contributed by atoms with Gasteiger partial charge in [-0.3, -0.25) is 4.79 Å². The summed E-state index contributed by atoms with van der Waals surface area (Å²) in [5.74, 6) is -0.884. The van der Waals surface area contributed by atoms with Crippen LogP contribution in [0.2, 0.25) is 0 Å². The number of carboxylic acid groups (broad SMARTS) is 1. The van der Waals surface area contributed by atoms with E-state index in [9.17, 15) is 14.7 Å². The van der Waals surface area contributed by atoms with E-state index in [1.165, 1.54) is 0 Å². The van der Waals surface area contributed by atoms with E-state index in [-0.39, 0.29) is 12.6 Å². The fourth-order valence-corrected chi connectivity index (χ4v) is 1.71. The van der Waals surface area contributed by atoms with Crippen LogP contribution in [-0.4, -0.2) is 43.4 Å². The number of amides is 2. The molecular formula is C11H18N2O4. The number of carboxylic acids is 1. The van der Waals surface area contributed by atoms with Crippen LogP contribution >= 0.6 is 0 Å². The van der Waals surface area contributed by atoms with Crippen molar-refractivity contribution in [1.82, 2.24) is 10.6 Å². The Hall–Kier alpha value is -1.56. The molecule has 1 rings (SSSR count). The number of aliphatic carboxylic acids is 1. The second-order valence-electron chi connectivity index (χ2n) is 4.05. The van der Waals surface area contributed by atoms with Crippen molar-refractivity contribution in [2.45, 2.75) is 12.8 Å². The third-order valence-electron chi connectivity index (χ3n) is 2.90. The molecule has 0 aliphatic carbocycles. The number of carbonyl (C=O) groups is 2. The van der Waals surface area contributed by atoms with Gasteiger partial charge in [-0.05, 0) is 12.8 Å². The Bertz CT molecular complexity index is 298. The summed E-state index contributed by atoms with van der Waals surface area (Å²) in [6.07, 6.45) is 2.40. The maximum Gasteiger partial charge on any atom is 0.315 e. The number of nitrogens with one attached hydrogen (secondary N) is 2. The first-order valence-electron chi connectivity index (χ1n) is 5.54. The van der Waals surface area contributed by atoms with Crippen molar-refractivity contribution < 1.29 is 19.4 Å². The van der Waals surface area contributed by atoms with Crippen LogP contribution in [0.3, 0.4) is 0 Å². The predicted octanol–water partition coefficient (Wildman–Crippen LogP) is 0.353. The summed E-state index contributed by atoms with van der Waals surface area (Å²) in [7, 11) is 0. The Morgan fingerprint density at radius 1 is 1.35 bits per heavy atom. The van der Waals surface area contributed by atoms with Gasteiger partial charge in [0.1, 0.15) is 0 Å². The summed E-state index contributed by atoms with van der Waals surface area (Å²) in [6.45, 7) is 4.79. The van der Waals surface area contributed by atoms with Gasteiger partial charge in [-0.1, -0.05) is 6.08 Å². The van der Waals surface area contributed by atoms with Gasteiger partial charge in [0.2, 0.25) is 0 Å². The van der Waals surface area contributed by atoms with Gasteiger partial charge in [-0.25, -0.2) is 4.79 Å². The minimum atomic E-state index is -0.899. The van der Waals surface area contributed by atoms with E-state index in [1.54, 1.807) is 6.08 Å². The third kappa shape index (κ3) is 3.74. The predicted molar refractivity (Wildman–Crippen MR) is 61.7 cm³/mol. The SMILES string of the molecule is C=CCNC(=O)NCC1(C(=O)O)CCOCC1. The lowest BCUT2D eigenvalue weighted by atomic mass is 9.80. The maximum atomic E-state index is 11.3. The minimum absolute atomic E-state index is 0.120. The summed E-state index contributed by atoms with van der Waals surface area (Å²) in [6, 6.07) is -0.378. The Kier molecular flexibility index (Phi) is 4.96. The average molecular weight is 242 g/mol. The molecule has 0 aromatic rings. The van der Waals surface area contributed by atoms with Crippen LogP contribution < -0.4 is 10.6 Å². The van der Waals surface area contributed by atoms with Crippen molar-refractivity contribution in [2.75, 3.05) is 26.3 Å². The van der Waals surface area contributed by atoms with Gasteiger partial charge in [0.15, 0.2) is 0 Å². The molecule has 96 valence electrons. The molecule has 0 aromatic heterocycles. The molecule has 17 heavy (non-hydrogen) atoms. The zero-order valence-corrected chi connectivity index (χ0v) is 9.70. The lowest BCUT2D eigenvalue weighted by Crippen LogP contribution is -2.48. The van der Waals surface area contributed by atoms with Crippen LogP contribution in [0.1, 0.15) is 12.8 Å². The largest absolute Gasteiger partial charge is 0.481 e. The van der Waals surface area contributed by atoms with Crippen LogP contribution in [0.5, 0.6) is 0 Å². The molecular weight excluding hydrogens is 224 g/mol. The zero-order valence-electron chi connectivity index (χ0n) is 9.70. The molecule has 0 saturated carbocycles. The van der Waals surface area contributed by atoms with Crippen LogP contribution in [-0.2, 0) is 9.53 Å². The van der Waals surface area contributed by atoms with Crippen molar-refractivity contribution in [3.63, 3.8) is 0 Å². The molecule has 1 aliphatic heterocycles. The van der Waals surface area contributed by atoms with Crippen LogP contribution in [0.25, 0.3) is 0 Å². The molecule has 0 unspecified atom stereocenters. The van der Waals surface area contributed by atoms with Gasteiger partial charge in [0.05, 0.1) is 5.41 Å². The van der Waals surface area contributed by atoms with E-state index in [0.717, 1.165) is 0 Å². The second kappa shape index (κ2) is 6.24. The number of rotatable bonds is 5. The van der Waals surface area contributed by atoms with Crippen molar-refractivity contribution in [3.8, 4) is 0 Å². The fourth-order valence-electron chi connectivity index (χ4n) is 1.71. The highest BCUT2D eigenvalue weighted by atomic mass is 16.5. The number of carbonyl (C=O) groups excluding carboxylic acids is 1. The fraction of sp³-hybridized carbons (Fsp3) is 0.636. The molecule has 1 aliphatic rings. The molecule has 6 nitrogen and oxygen atoms in total. The van der Waals surface area contributed by atoms with Crippen LogP contribution in [0, 0.1) is 5.41 Å². The topological polar surface area (TPSA) is 87.7 Å². The van der Waals surface area contributed by atoms with Gasteiger partial charge in [0, 0.05) is 26.3 Å². The smallest absolute Gasteiger partial charge is 0.315 e. The van der Waals surface area contributed by atoms with Crippen molar-refractivity contribution in [2.24, 2.45) is 5.41 Å². The zero-order chi connectivity index (χ0) is 12.7. The van der Waals surface area contributed by atoms with Gasteiger partial charge < -0.3 is 20.5 Å². The maximum absolute atomic E-state index is 11.3. The molecule has 1 fully saturated rings. The molecule has 1 saturated heterocycles. The molecule has 0 aromatic carbocycles. The highest BCUT2D eigenvalue weighted by Crippen LogP contribution is 2.29. The van der Waals surface area contributed by atoms with E-state index < -0.39 is 11.4 Å². The number of ether oxygens (including phenoxy) is 1. The summed E-state index contributed by atoms with van der Waals surface area (Å²) in [5, 5.41) is 14.3. The van der Waals surface area contributed by atoms with E-state index in [4.69, 9.17) is 4.74 Å². The van der Waals surface area contributed by atoms with Crippen LogP contribution in [0.15, 0.2) is 12.7 Å². The van der Waals surface area contributed by atoms with E-state index in [2.05, 4.69) is 17.2 Å². The van der Waals surface area contributed by atoms with E-state index >= 15 is 0 Å². The Morgan fingerprint density at radius 2 is 2.00 bits per heavy atom. The Balaban J connectivity index is 2.47. The summed E-state index contributed by atoms with van der Waals surface area (Å²) < 4.78 is 5.14. The van der Waals surface area contributed by atoms with Crippen molar-refractivity contribution in [1.29, 1.82) is 0 Å². The summed E-state index contributed by atoms with van der Waals surface area (Å²) >= 11 is 0. The first-order chi connectivity index (χ1) is 8.10. The molecule has 0 spiro atoms. The molecule has 6 heteroatoms. The van der Waals surface area contributed by atoms with Gasteiger partial charge in [-0.2, -0.15) is 0 Å². The number of hydrogen-bond donors (Lipinski definition) is 3. The third-order valence-corrected chi connectivity index (χ3v) is 2.90. The normalized spacial score (nSPS) is 18.1. The minimum Gasteiger partial charge on any atom is -0.481 e. The standard InChI is InChI=1S/C11H18N2O4/c1-2-5-12-10(16)13-8-11(9(14)15)3-6-17-7-4-11/h2H,1,3-8H2,(H,14,15)(H2,12,13,16). The van der Waals surface area contributed by atoms with Crippen LogP contribution in [0.4, 0.5) is 4.79 Å². The lowest BCUT2D eigenvalue weighted by Gasteiger charge is -2.33. The summed E-state index contributed by atoms with van der Waals surface area (Å²) in [4.78, 5) is 22.6. The highest BCUT2D eigenvalue weighted by Gasteiger charge is 2.40. The molecule has 1 heterocycles. The first kappa shape index (κ1) is 13.5. The van der Waals surface area contributed by atoms with E-state index in [1.807, 2.05) is 0 Å². The molecule has 0 atom stereocenters. The second-order valence-corrected chi connectivity index (χ2v) is 4.05. The number of urea groups is 1. The van der Waals surface area contributed by atoms with Gasteiger partial charge in [-0.15, -0.1) is 6.58 Å². The molecule has 0 radical (unpaired) electrons. The van der Waals surface area contributed by atoms with Crippen molar-refractivity contribution in [3.05, 3.63) is 12.7 Å². The Morgan fingerprint density at radius 3 is 2.53 bits per heavy atom. The quantitative estimate of drug-likeness (QED) is 0.607. The summed E-state index contributed by atoms with van der Waals surface area (Å²) in [5.41, 5.74) is -0.899. The van der Waals surface area contributed by atoms with Gasteiger partial charge in [0.25, 0.3) is 0 Å². The molecule has 2 amide bonds. The monoisotopic (exact) mass is 242 g/mol. The highest BCUT2D eigenvalue weighted by molar-refractivity contribution is 5.78.